The van der Waals surface area contributed by atoms with Crippen LogP contribution in [0.15, 0.2) is 35.1 Å². The average Bonchev–Trinajstić information content (AvgIpc) is 2.96. The van der Waals surface area contributed by atoms with Gasteiger partial charge in [-0.1, -0.05) is 11.2 Å². The molecule has 0 unspecified atom stereocenters. The molecule has 0 N–H and O–H groups in total. The zero-order chi connectivity index (χ0) is 12.5. The predicted octanol–water partition coefficient (Wildman–Crippen LogP) is 2.16. The summed E-state index contributed by atoms with van der Waals surface area (Å²) < 4.78 is 5.04. The lowest BCUT2D eigenvalue weighted by atomic mass is 10.2. The van der Waals surface area contributed by atoms with E-state index in [1.54, 1.807) is 35.1 Å². The fraction of sp³-hybridized carbons (Fsp3) is 0.250. The molecule has 1 saturated heterocycles. The molecule has 2 aromatic rings. The van der Waals surface area contributed by atoms with Crippen LogP contribution in [0.3, 0.4) is 0 Å². The molecule has 18 heavy (non-hydrogen) atoms. The van der Waals surface area contributed by atoms with E-state index in [9.17, 15) is 4.79 Å². The highest BCUT2D eigenvalue weighted by Gasteiger charge is 2.35. The number of aromatic nitrogens is 2. The van der Waals surface area contributed by atoms with E-state index in [1.165, 1.54) is 0 Å². The lowest BCUT2D eigenvalue weighted by Gasteiger charge is -2.20. The zero-order valence-corrected chi connectivity index (χ0v) is 10.6. The average molecular weight is 261 g/mol. The zero-order valence-electron chi connectivity index (χ0n) is 9.74. The van der Waals surface area contributed by atoms with Gasteiger partial charge in [0.2, 0.25) is 5.91 Å². The van der Waals surface area contributed by atoms with Crippen molar-refractivity contribution in [2.75, 3.05) is 10.7 Å². The van der Waals surface area contributed by atoms with E-state index >= 15 is 0 Å². The van der Waals surface area contributed by atoms with Gasteiger partial charge in [0.1, 0.15) is 11.1 Å². The minimum atomic E-state index is -0.0734. The Kier molecular flexibility index (Phi) is 2.79. The van der Waals surface area contributed by atoms with Crippen LogP contribution in [0, 0.1) is 6.92 Å². The summed E-state index contributed by atoms with van der Waals surface area (Å²) >= 11 is 1.57. The largest absolute Gasteiger partial charge is 0.360 e. The predicted molar refractivity (Wildman–Crippen MR) is 68.2 cm³/mol. The number of hydrogen-bond acceptors (Lipinski definition) is 5. The molecule has 0 radical (unpaired) electrons. The van der Waals surface area contributed by atoms with Crippen LogP contribution in [0.5, 0.6) is 0 Å². The second-order valence-corrected chi connectivity index (χ2v) is 5.08. The molecule has 1 atom stereocenters. The molecule has 92 valence electrons. The molecule has 0 spiro atoms. The number of nitrogens with zero attached hydrogens (tertiary/aromatic N) is 3. The summed E-state index contributed by atoms with van der Waals surface area (Å²) in [5.41, 5.74) is 0.994. The first-order valence-electron chi connectivity index (χ1n) is 5.52. The quantitative estimate of drug-likeness (QED) is 0.829. The molecule has 3 rings (SSSR count). The molecule has 2 aromatic heterocycles. The summed E-state index contributed by atoms with van der Waals surface area (Å²) in [4.78, 5) is 17.7. The van der Waals surface area contributed by atoms with Crippen molar-refractivity contribution in [3.8, 4) is 0 Å². The molecule has 1 amide bonds. The molecule has 0 bridgehead atoms. The van der Waals surface area contributed by atoms with Gasteiger partial charge in [-0.3, -0.25) is 14.7 Å². The summed E-state index contributed by atoms with van der Waals surface area (Å²) in [5, 5.41) is 3.85. The first-order chi connectivity index (χ1) is 8.75. The standard InChI is InChI=1S/C12H11N3O2S/c1-8-5-10(14-17-8)15-11(16)7-18-12(15)9-3-2-4-13-6-9/h2-6,12H,7H2,1H3/t12-/m0/s1. The Hall–Kier alpha value is -1.82. The molecule has 1 aliphatic heterocycles. The van der Waals surface area contributed by atoms with Crippen molar-refractivity contribution in [2.24, 2.45) is 0 Å². The Labute approximate surface area is 108 Å². The van der Waals surface area contributed by atoms with E-state index in [2.05, 4.69) is 10.1 Å². The number of carbonyl (C=O) groups is 1. The molecular formula is C12H11N3O2S. The van der Waals surface area contributed by atoms with Crippen LogP contribution < -0.4 is 4.90 Å². The van der Waals surface area contributed by atoms with Crippen molar-refractivity contribution < 1.29 is 9.32 Å². The van der Waals surface area contributed by atoms with Gasteiger partial charge in [-0.25, -0.2) is 0 Å². The first-order valence-corrected chi connectivity index (χ1v) is 6.57. The molecule has 3 heterocycles. The van der Waals surface area contributed by atoms with E-state index in [4.69, 9.17) is 4.52 Å². The molecule has 1 fully saturated rings. The van der Waals surface area contributed by atoms with Crippen LogP contribution in [0.2, 0.25) is 0 Å². The van der Waals surface area contributed by atoms with E-state index in [0.29, 0.717) is 17.3 Å². The number of aryl methyl sites for hydroxylation is 1. The highest BCUT2D eigenvalue weighted by Crippen LogP contribution is 2.40. The van der Waals surface area contributed by atoms with E-state index in [0.717, 1.165) is 5.56 Å². The van der Waals surface area contributed by atoms with Crippen molar-refractivity contribution in [3.05, 3.63) is 41.9 Å². The van der Waals surface area contributed by atoms with E-state index in [-0.39, 0.29) is 11.3 Å². The maximum Gasteiger partial charge on any atom is 0.239 e. The van der Waals surface area contributed by atoms with Gasteiger partial charge >= 0.3 is 0 Å². The van der Waals surface area contributed by atoms with Crippen molar-refractivity contribution in [1.29, 1.82) is 0 Å². The summed E-state index contributed by atoms with van der Waals surface area (Å²) in [6.07, 6.45) is 3.49. The number of rotatable bonds is 2. The van der Waals surface area contributed by atoms with E-state index in [1.807, 2.05) is 19.1 Å². The fourth-order valence-electron chi connectivity index (χ4n) is 1.91. The van der Waals surface area contributed by atoms with Crippen LogP contribution in [-0.4, -0.2) is 21.8 Å². The van der Waals surface area contributed by atoms with Gasteiger partial charge in [0.25, 0.3) is 0 Å². The normalized spacial score (nSPS) is 19.5. The van der Waals surface area contributed by atoms with Gasteiger partial charge in [0, 0.05) is 24.0 Å². The highest BCUT2D eigenvalue weighted by molar-refractivity contribution is 8.00. The third kappa shape index (κ3) is 1.88. The highest BCUT2D eigenvalue weighted by atomic mass is 32.2. The maximum absolute atomic E-state index is 12.0. The number of amides is 1. The van der Waals surface area contributed by atoms with Crippen LogP contribution >= 0.6 is 11.8 Å². The molecular weight excluding hydrogens is 250 g/mol. The van der Waals surface area contributed by atoms with Gasteiger partial charge < -0.3 is 4.52 Å². The van der Waals surface area contributed by atoms with Crippen molar-refractivity contribution in [2.45, 2.75) is 12.3 Å². The molecule has 5 nitrogen and oxygen atoms in total. The summed E-state index contributed by atoms with van der Waals surface area (Å²) in [7, 11) is 0. The Balaban J connectivity index is 1.98. The molecule has 0 aromatic carbocycles. The maximum atomic E-state index is 12.0. The minimum Gasteiger partial charge on any atom is -0.360 e. The SMILES string of the molecule is Cc1cc(N2C(=O)CS[C@H]2c2cccnc2)no1. The Bertz CT molecular complexity index is 570. The third-order valence-electron chi connectivity index (χ3n) is 2.70. The summed E-state index contributed by atoms with van der Waals surface area (Å²) in [5.74, 6) is 1.75. The monoisotopic (exact) mass is 261 g/mol. The van der Waals surface area contributed by atoms with Gasteiger partial charge in [0.15, 0.2) is 5.82 Å². The topological polar surface area (TPSA) is 59.2 Å². The van der Waals surface area contributed by atoms with Gasteiger partial charge in [0.05, 0.1) is 5.75 Å². The fourth-order valence-corrected chi connectivity index (χ4v) is 3.05. The number of thioether (sulfide) groups is 1. The van der Waals surface area contributed by atoms with Gasteiger partial charge in [-0.2, -0.15) is 0 Å². The third-order valence-corrected chi connectivity index (χ3v) is 3.91. The number of carbonyl (C=O) groups excluding carboxylic acids is 1. The number of pyridine rings is 1. The van der Waals surface area contributed by atoms with Crippen LogP contribution in [0.25, 0.3) is 0 Å². The lowest BCUT2D eigenvalue weighted by Crippen LogP contribution is -2.28. The van der Waals surface area contributed by atoms with Gasteiger partial charge in [-0.15, -0.1) is 11.8 Å². The van der Waals surface area contributed by atoms with Crippen LogP contribution in [-0.2, 0) is 4.79 Å². The lowest BCUT2D eigenvalue weighted by molar-refractivity contribution is -0.115. The Morgan fingerprint density at radius 1 is 1.56 bits per heavy atom. The molecule has 0 saturated carbocycles. The van der Waals surface area contributed by atoms with Crippen molar-refractivity contribution in [3.63, 3.8) is 0 Å². The number of anilines is 1. The molecule has 0 aliphatic carbocycles. The second kappa shape index (κ2) is 4.45. The van der Waals surface area contributed by atoms with E-state index < -0.39 is 0 Å². The molecule has 6 heteroatoms. The first kappa shape index (κ1) is 11.3. The van der Waals surface area contributed by atoms with Crippen molar-refractivity contribution >= 4 is 23.5 Å². The Morgan fingerprint density at radius 2 is 2.44 bits per heavy atom. The second-order valence-electron chi connectivity index (χ2n) is 4.01. The summed E-state index contributed by atoms with van der Waals surface area (Å²) in [6.45, 7) is 1.81. The summed E-state index contributed by atoms with van der Waals surface area (Å²) in [6, 6.07) is 5.60. The van der Waals surface area contributed by atoms with Crippen LogP contribution in [0.1, 0.15) is 16.7 Å². The molecule has 1 aliphatic rings. The van der Waals surface area contributed by atoms with Gasteiger partial charge in [-0.05, 0) is 13.0 Å². The minimum absolute atomic E-state index is 0.0437. The van der Waals surface area contributed by atoms with Crippen molar-refractivity contribution in [1.82, 2.24) is 10.1 Å². The van der Waals surface area contributed by atoms with Crippen LogP contribution in [0.4, 0.5) is 5.82 Å². The smallest absolute Gasteiger partial charge is 0.239 e. The Morgan fingerprint density at radius 3 is 3.11 bits per heavy atom. The number of hydrogen-bond donors (Lipinski definition) is 0.